The Morgan fingerprint density at radius 2 is 0.534 bits per heavy atom. The Labute approximate surface area is 727 Å². The third kappa shape index (κ3) is 16.1. The van der Waals surface area contributed by atoms with Crippen LogP contribution in [0.2, 0.25) is 0 Å². The van der Waals surface area contributed by atoms with Crippen LogP contribution in [0.1, 0.15) is 206 Å². The fraction of sp³-hybridized carbons (Fsp3) is 0.310. The van der Waals surface area contributed by atoms with Gasteiger partial charge >= 0.3 is 0 Å². The molecule has 15 aromatic rings. The van der Waals surface area contributed by atoms with E-state index in [0.29, 0.717) is 42.0 Å². The highest BCUT2D eigenvalue weighted by Gasteiger charge is 2.46. The number of aromatic nitrogens is 2. The zero-order valence-corrected chi connectivity index (χ0v) is 73.0. The van der Waals surface area contributed by atoms with Gasteiger partial charge in [0.05, 0.1) is 55.4 Å². The lowest BCUT2D eigenvalue weighted by Gasteiger charge is -2.46. The van der Waals surface area contributed by atoms with Crippen molar-refractivity contribution in [2.45, 2.75) is 190 Å². The average molecular weight is 1560 g/mol. The Kier molecular flexibility index (Phi) is 15.6. The van der Waals surface area contributed by atoms with E-state index in [-0.39, 0.29) is 81.5 Å². The molecule has 13 aromatic carbocycles. The first-order chi connectivity index (χ1) is 62.4. The summed E-state index contributed by atoms with van der Waals surface area (Å²) < 4.78 is 157. The van der Waals surface area contributed by atoms with Crippen molar-refractivity contribution < 1.29 is 21.9 Å². The van der Waals surface area contributed by atoms with Crippen molar-refractivity contribution >= 4 is 101 Å². The van der Waals surface area contributed by atoms with E-state index in [9.17, 15) is 21.9 Å². The third-order valence-electron chi connectivity index (χ3n) is 22.7. The molecule has 0 aliphatic carbocycles. The van der Waals surface area contributed by atoms with Gasteiger partial charge in [-0.3, -0.25) is 0 Å². The minimum Gasteiger partial charge on any atom is -0.311 e. The fourth-order valence-corrected chi connectivity index (χ4v) is 18.8. The van der Waals surface area contributed by atoms with Gasteiger partial charge in [-0.25, -0.2) is 0 Å². The minimum absolute atomic E-state index is 0.0321. The zero-order valence-electron chi connectivity index (χ0n) is 89.0. The highest BCUT2D eigenvalue weighted by atomic mass is 15.2. The lowest BCUT2D eigenvalue weighted by Crippen LogP contribution is -2.61. The zero-order chi connectivity index (χ0) is 97.0. The number of anilines is 6. The first-order valence-corrected chi connectivity index (χ1v) is 42.2. The normalized spacial score (nSPS) is 15.4. The molecule has 0 saturated heterocycles. The molecule has 118 heavy (non-hydrogen) atoms. The maximum atomic E-state index is 10.1. The predicted octanol–water partition coefficient (Wildman–Crippen LogP) is 29.8. The summed E-state index contributed by atoms with van der Waals surface area (Å²) in [6.45, 7) is 46.8. The van der Waals surface area contributed by atoms with Crippen molar-refractivity contribution in [3.05, 3.63) is 305 Å². The van der Waals surface area contributed by atoms with Gasteiger partial charge < -0.3 is 18.9 Å². The van der Waals surface area contributed by atoms with Gasteiger partial charge in [0.1, 0.15) is 0 Å². The van der Waals surface area contributed by atoms with Crippen LogP contribution in [0.15, 0.2) is 267 Å². The molecule has 0 unspecified atom stereocenters. The molecule has 0 N–H and O–H groups in total. The first-order valence-electron chi connectivity index (χ1n) is 50.2. The summed E-state index contributed by atoms with van der Waals surface area (Å²) >= 11 is 0. The fourth-order valence-electron chi connectivity index (χ4n) is 18.8. The maximum Gasteiger partial charge on any atom is 0.252 e. The lowest BCUT2D eigenvalue weighted by molar-refractivity contribution is 0.410. The van der Waals surface area contributed by atoms with Gasteiger partial charge in [0.25, 0.3) is 6.71 Å². The Morgan fingerprint density at radius 3 is 0.831 bits per heavy atom. The van der Waals surface area contributed by atoms with Crippen molar-refractivity contribution in [1.29, 1.82) is 0 Å². The number of hydrogen-bond acceptors (Lipinski definition) is 2. The van der Waals surface area contributed by atoms with Gasteiger partial charge in [0, 0.05) is 66.8 Å². The molecular weight excluding hydrogens is 1420 g/mol. The average Bonchev–Trinajstić information content (AvgIpc) is 1.70. The van der Waals surface area contributed by atoms with E-state index in [0.717, 1.165) is 137 Å². The molecule has 2 aromatic heterocycles. The Morgan fingerprint density at radius 1 is 0.254 bits per heavy atom. The summed E-state index contributed by atoms with van der Waals surface area (Å²) in [4.78, 5) is 4.83. The summed E-state index contributed by atoms with van der Waals surface area (Å²) in [5, 5.41) is -0.227. The monoisotopic (exact) mass is 1560 g/mol. The van der Waals surface area contributed by atoms with E-state index in [2.05, 4.69) is 301 Å². The standard InChI is InChI=1S/C113H121BN4/c1-107(2,3)66-73-34-30-38-78(54-73)90-64-100(92(60-82(90)71-112(16,17)18)80-40-32-36-75(56-80)68-109(7,8)9)117-102-62-84(115-96-46-26-22-42-86(96)87-43-23-27-47-97(87)115)50-52-94(102)114-95-53-51-85(116-98-48-28-24-44-88(98)89-45-25-29-49-99(89)116)63-103(95)118(105-59-77(70-111(13,14)15)58-104(117)106(105)114)101-65-91(79-39-31-35-74(55-79)67-108(4,5)6)83(72-113(19,20)21)61-93(101)81-41-33-37-76(57-81)69-110(10,11)12/h22-65H,66-72H2,1-21H3/i22D,23D,24D,25D,26D,27D,28D,29D,42D,43D,44D,45D,46D,47D,48D,49D. The number of hydrogen-bond donors (Lipinski definition) is 0. The van der Waals surface area contributed by atoms with Crippen LogP contribution in [0.25, 0.3) is 99.5 Å². The van der Waals surface area contributed by atoms with E-state index in [1.807, 2.05) is 24.3 Å². The highest BCUT2D eigenvalue weighted by molar-refractivity contribution is 7.00. The lowest BCUT2D eigenvalue weighted by atomic mass is 9.33. The van der Waals surface area contributed by atoms with Crippen molar-refractivity contribution in [3.63, 3.8) is 0 Å². The molecule has 17 rings (SSSR count). The molecule has 4 heterocycles. The molecule has 4 nitrogen and oxygen atoms in total. The summed E-state index contributed by atoms with van der Waals surface area (Å²) in [7, 11) is 0. The number of fused-ring (bicyclic) bond motifs is 10. The van der Waals surface area contributed by atoms with Crippen LogP contribution < -0.4 is 26.2 Å². The van der Waals surface area contributed by atoms with Crippen molar-refractivity contribution in [3.8, 4) is 55.9 Å². The van der Waals surface area contributed by atoms with Crippen LogP contribution in [-0.4, -0.2) is 15.8 Å². The van der Waals surface area contributed by atoms with E-state index in [1.165, 1.54) is 11.1 Å². The summed E-state index contributed by atoms with van der Waals surface area (Å²) in [5.41, 5.74) is 22.0. The summed E-state index contributed by atoms with van der Waals surface area (Å²) in [6.07, 6.45) is 5.03. The van der Waals surface area contributed by atoms with Gasteiger partial charge in [0.2, 0.25) is 0 Å². The number of rotatable bonds is 15. The molecule has 0 spiro atoms. The van der Waals surface area contributed by atoms with Crippen LogP contribution >= 0.6 is 0 Å². The van der Waals surface area contributed by atoms with Crippen LogP contribution in [0.3, 0.4) is 0 Å². The second-order valence-corrected chi connectivity index (χ2v) is 42.2. The largest absolute Gasteiger partial charge is 0.311 e. The minimum atomic E-state index is -0.760. The smallest absolute Gasteiger partial charge is 0.252 e. The molecule has 5 heteroatoms. The molecule has 596 valence electrons. The molecule has 0 amide bonds. The molecule has 2 aliphatic heterocycles. The van der Waals surface area contributed by atoms with Gasteiger partial charge in [-0.2, -0.15) is 0 Å². The van der Waals surface area contributed by atoms with Crippen LogP contribution in [0.4, 0.5) is 34.1 Å². The van der Waals surface area contributed by atoms with Gasteiger partial charge in [-0.1, -0.05) is 327 Å². The number of nitrogens with zero attached hydrogens (tertiary/aromatic N) is 4. The van der Waals surface area contributed by atoms with Crippen LogP contribution in [-0.2, 0) is 44.9 Å². The number of para-hydroxylation sites is 4. The van der Waals surface area contributed by atoms with E-state index in [4.69, 9.17) is 0 Å². The molecule has 0 saturated carbocycles. The topological polar surface area (TPSA) is 16.3 Å². The molecule has 0 fully saturated rings. The predicted molar refractivity (Wildman–Crippen MR) is 513 cm³/mol. The number of benzene rings is 13. The SMILES string of the molecule is [2H]c1c([2H])c([2H])c2c(c1[2H])c1c([2H])c([2H])c([2H])c([2H])c1n2-c1ccc2c(c1)N(c1cc(-c3cccc(CC(C)(C)C)c3)c(CC(C)(C)C)cc1-c1cccc(CC(C)(C)C)c1)c1cc(CC(C)(C)C)cc3c1B2c1ccc(-n2c4c([2H])c([2H])c([2H])c([2H])c4c4c([2H])c([2H])c([2H])c([2H])c42)cc1N3c1cc(-c2cccc(CC(C)(C)C)c2)c(CC(C)(C)C)cc1-c1cccc(CC(C)(C)C)c1. The van der Waals surface area contributed by atoms with E-state index in [1.54, 1.807) is 9.13 Å². The second kappa shape index (κ2) is 29.6. The van der Waals surface area contributed by atoms with Crippen LogP contribution in [0.5, 0.6) is 0 Å². The summed E-state index contributed by atoms with van der Waals surface area (Å²) in [6, 6.07) is 54.2. The van der Waals surface area contributed by atoms with E-state index < -0.39 is 103 Å². The molecule has 0 atom stereocenters. The van der Waals surface area contributed by atoms with Crippen LogP contribution in [0, 0.1) is 37.9 Å². The Balaban J connectivity index is 1.12. The van der Waals surface area contributed by atoms with E-state index >= 15 is 0 Å². The Hall–Kier alpha value is -10.9. The second-order valence-electron chi connectivity index (χ2n) is 42.2. The van der Waals surface area contributed by atoms with Crippen molar-refractivity contribution in [1.82, 2.24) is 9.13 Å². The van der Waals surface area contributed by atoms with Gasteiger partial charge in [0.15, 0.2) is 0 Å². The van der Waals surface area contributed by atoms with Gasteiger partial charge in [-0.05, 0) is 256 Å². The highest BCUT2D eigenvalue weighted by Crippen LogP contribution is 2.54. The van der Waals surface area contributed by atoms with Crippen molar-refractivity contribution in [2.24, 2.45) is 37.9 Å². The third-order valence-corrected chi connectivity index (χ3v) is 22.7. The quantitative estimate of drug-likeness (QED) is 0.0951. The maximum absolute atomic E-state index is 10.1. The Bertz CT molecular complexity index is 6850. The van der Waals surface area contributed by atoms with Gasteiger partial charge in [-0.15, -0.1) is 0 Å². The molecule has 2 aliphatic rings. The molecule has 0 radical (unpaired) electrons. The first kappa shape index (κ1) is 62.3. The molecule has 0 bridgehead atoms. The molecular formula is C113H121BN4. The van der Waals surface area contributed by atoms with Crippen molar-refractivity contribution in [2.75, 3.05) is 9.80 Å². The summed E-state index contributed by atoms with van der Waals surface area (Å²) in [5.74, 6) is 0.